The molecule has 0 spiro atoms. The number of rotatable bonds is 7. The standard InChI is InChI=1S/C23H28ClN3O2/c1-16(17-6-3-2-4-7-17)23(29)27-13-5-8-21(27)22(28)26-15-19-14-20(24)10-9-18(19)11-12-25/h2-4,6-7,9-10,14,16,21H,5,8,11-13,15,25H2,1H3,(H,26,28). The summed E-state index contributed by atoms with van der Waals surface area (Å²) in [6.45, 7) is 3.42. The van der Waals surface area contributed by atoms with Crippen molar-refractivity contribution < 1.29 is 9.59 Å². The molecule has 2 atom stereocenters. The molecule has 0 aliphatic carbocycles. The zero-order valence-electron chi connectivity index (χ0n) is 16.7. The molecule has 0 saturated carbocycles. The van der Waals surface area contributed by atoms with Crippen molar-refractivity contribution in [1.82, 2.24) is 10.2 Å². The maximum absolute atomic E-state index is 13.0. The van der Waals surface area contributed by atoms with Gasteiger partial charge in [-0.2, -0.15) is 0 Å². The summed E-state index contributed by atoms with van der Waals surface area (Å²) in [7, 11) is 0. The van der Waals surface area contributed by atoms with E-state index in [1.54, 1.807) is 4.90 Å². The van der Waals surface area contributed by atoms with Crippen molar-refractivity contribution in [1.29, 1.82) is 0 Å². The molecule has 0 aromatic heterocycles. The molecule has 2 aromatic rings. The van der Waals surface area contributed by atoms with Gasteiger partial charge in [-0.3, -0.25) is 9.59 Å². The topological polar surface area (TPSA) is 75.4 Å². The smallest absolute Gasteiger partial charge is 0.243 e. The van der Waals surface area contributed by atoms with E-state index in [4.69, 9.17) is 17.3 Å². The maximum Gasteiger partial charge on any atom is 0.243 e. The molecule has 1 heterocycles. The lowest BCUT2D eigenvalue weighted by molar-refractivity contribution is -0.139. The average molecular weight is 414 g/mol. The first kappa shape index (κ1) is 21.3. The summed E-state index contributed by atoms with van der Waals surface area (Å²) in [6, 6.07) is 14.9. The van der Waals surface area contributed by atoms with Crippen LogP contribution in [-0.2, 0) is 22.6 Å². The Morgan fingerprint density at radius 2 is 1.97 bits per heavy atom. The lowest BCUT2D eigenvalue weighted by Gasteiger charge is -2.27. The van der Waals surface area contributed by atoms with E-state index in [1.807, 2.05) is 55.5 Å². The van der Waals surface area contributed by atoms with Crippen LogP contribution < -0.4 is 11.1 Å². The minimum atomic E-state index is -0.425. The summed E-state index contributed by atoms with van der Waals surface area (Å²) >= 11 is 6.12. The van der Waals surface area contributed by atoms with E-state index in [9.17, 15) is 9.59 Å². The largest absolute Gasteiger partial charge is 0.350 e. The van der Waals surface area contributed by atoms with E-state index in [2.05, 4.69) is 5.32 Å². The van der Waals surface area contributed by atoms with E-state index in [0.29, 0.717) is 31.1 Å². The van der Waals surface area contributed by atoms with E-state index >= 15 is 0 Å². The first-order valence-electron chi connectivity index (χ1n) is 10.1. The summed E-state index contributed by atoms with van der Waals surface area (Å²) in [4.78, 5) is 27.6. The second-order valence-corrected chi connectivity index (χ2v) is 7.93. The number of amides is 2. The first-order valence-corrected chi connectivity index (χ1v) is 10.5. The normalized spacial score (nSPS) is 17.2. The number of hydrogen-bond acceptors (Lipinski definition) is 3. The number of nitrogens with one attached hydrogen (secondary N) is 1. The number of carbonyl (C=O) groups is 2. The monoisotopic (exact) mass is 413 g/mol. The summed E-state index contributed by atoms with van der Waals surface area (Å²) in [5, 5.41) is 3.63. The quantitative estimate of drug-likeness (QED) is 0.731. The molecule has 1 aliphatic heterocycles. The predicted octanol–water partition coefficient (Wildman–Crippen LogP) is 3.25. The fraction of sp³-hybridized carbons (Fsp3) is 0.391. The Balaban J connectivity index is 1.66. The molecular formula is C23H28ClN3O2. The van der Waals surface area contributed by atoms with Gasteiger partial charge in [0, 0.05) is 18.1 Å². The maximum atomic E-state index is 13.0. The van der Waals surface area contributed by atoms with Crippen LogP contribution >= 0.6 is 11.6 Å². The number of nitrogens with two attached hydrogens (primary N) is 1. The molecule has 1 fully saturated rings. The Kier molecular flexibility index (Phi) is 7.29. The van der Waals surface area contributed by atoms with Crippen molar-refractivity contribution in [3.8, 4) is 0 Å². The summed E-state index contributed by atoms with van der Waals surface area (Å²) < 4.78 is 0. The van der Waals surface area contributed by atoms with Crippen LogP contribution in [0, 0.1) is 0 Å². The molecular weight excluding hydrogens is 386 g/mol. The van der Waals surface area contributed by atoms with Crippen LogP contribution in [0.5, 0.6) is 0 Å². The van der Waals surface area contributed by atoms with Crippen LogP contribution in [0.2, 0.25) is 5.02 Å². The zero-order chi connectivity index (χ0) is 20.8. The van der Waals surface area contributed by atoms with Crippen LogP contribution in [0.15, 0.2) is 48.5 Å². The van der Waals surface area contributed by atoms with E-state index in [-0.39, 0.29) is 17.7 Å². The molecule has 1 saturated heterocycles. The van der Waals surface area contributed by atoms with E-state index in [0.717, 1.165) is 29.5 Å². The van der Waals surface area contributed by atoms with Crippen LogP contribution in [-0.4, -0.2) is 35.8 Å². The predicted molar refractivity (Wildman–Crippen MR) is 116 cm³/mol. The molecule has 3 N–H and O–H groups in total. The van der Waals surface area contributed by atoms with Gasteiger partial charge in [0.15, 0.2) is 0 Å². The molecule has 6 heteroatoms. The van der Waals surface area contributed by atoms with Crippen LogP contribution in [0.25, 0.3) is 0 Å². The Hall–Kier alpha value is -2.37. The third-order valence-corrected chi connectivity index (χ3v) is 5.78. The highest BCUT2D eigenvalue weighted by molar-refractivity contribution is 6.30. The molecule has 0 radical (unpaired) electrons. The van der Waals surface area contributed by atoms with Crippen molar-refractivity contribution >= 4 is 23.4 Å². The molecule has 1 aliphatic rings. The van der Waals surface area contributed by atoms with Gasteiger partial charge >= 0.3 is 0 Å². The number of benzene rings is 2. The molecule has 5 nitrogen and oxygen atoms in total. The Morgan fingerprint density at radius 1 is 1.21 bits per heavy atom. The summed E-state index contributed by atoms with van der Waals surface area (Å²) in [5.74, 6) is -0.385. The number of halogens is 1. The van der Waals surface area contributed by atoms with E-state index < -0.39 is 6.04 Å². The van der Waals surface area contributed by atoms with Crippen molar-refractivity contribution in [3.05, 3.63) is 70.2 Å². The SMILES string of the molecule is CC(C(=O)N1CCCC1C(=O)NCc1cc(Cl)ccc1CCN)c1ccccc1. The second-order valence-electron chi connectivity index (χ2n) is 7.49. The highest BCUT2D eigenvalue weighted by Gasteiger charge is 2.36. The highest BCUT2D eigenvalue weighted by atomic mass is 35.5. The van der Waals surface area contributed by atoms with Crippen LogP contribution in [0.4, 0.5) is 0 Å². The van der Waals surface area contributed by atoms with Gasteiger partial charge in [-0.15, -0.1) is 0 Å². The van der Waals surface area contributed by atoms with Crippen molar-refractivity contribution in [2.45, 2.75) is 44.7 Å². The minimum Gasteiger partial charge on any atom is -0.350 e. The van der Waals surface area contributed by atoms with E-state index in [1.165, 1.54) is 0 Å². The third-order valence-electron chi connectivity index (χ3n) is 5.54. The van der Waals surface area contributed by atoms with Gasteiger partial charge in [-0.1, -0.05) is 48.0 Å². The van der Waals surface area contributed by atoms with Gasteiger partial charge < -0.3 is 16.0 Å². The van der Waals surface area contributed by atoms with Crippen molar-refractivity contribution in [2.75, 3.05) is 13.1 Å². The molecule has 2 amide bonds. The molecule has 2 unspecified atom stereocenters. The number of carbonyl (C=O) groups excluding carboxylic acids is 2. The highest BCUT2D eigenvalue weighted by Crippen LogP contribution is 2.25. The van der Waals surface area contributed by atoms with Gasteiger partial charge in [0.05, 0.1) is 5.92 Å². The van der Waals surface area contributed by atoms with Gasteiger partial charge in [-0.25, -0.2) is 0 Å². The molecule has 2 aromatic carbocycles. The molecule has 3 rings (SSSR count). The van der Waals surface area contributed by atoms with Gasteiger partial charge in [0.2, 0.25) is 11.8 Å². The molecule has 0 bridgehead atoms. The average Bonchev–Trinajstić information content (AvgIpc) is 3.23. The second kappa shape index (κ2) is 9.90. The number of hydrogen-bond donors (Lipinski definition) is 2. The van der Waals surface area contributed by atoms with Gasteiger partial charge in [-0.05, 0) is 61.6 Å². The van der Waals surface area contributed by atoms with Crippen molar-refractivity contribution in [3.63, 3.8) is 0 Å². The lowest BCUT2D eigenvalue weighted by Crippen LogP contribution is -2.47. The summed E-state index contributed by atoms with van der Waals surface area (Å²) in [6.07, 6.45) is 2.25. The van der Waals surface area contributed by atoms with Gasteiger partial charge in [0.1, 0.15) is 6.04 Å². The van der Waals surface area contributed by atoms with Gasteiger partial charge in [0.25, 0.3) is 0 Å². The van der Waals surface area contributed by atoms with Crippen LogP contribution in [0.1, 0.15) is 42.4 Å². The third kappa shape index (κ3) is 5.17. The molecule has 29 heavy (non-hydrogen) atoms. The fourth-order valence-electron chi connectivity index (χ4n) is 3.89. The Bertz CT molecular complexity index is 856. The van der Waals surface area contributed by atoms with Crippen LogP contribution in [0.3, 0.4) is 0 Å². The lowest BCUT2D eigenvalue weighted by atomic mass is 9.99. The minimum absolute atomic E-state index is 0.000395. The number of nitrogens with zero attached hydrogens (tertiary/aromatic N) is 1. The summed E-state index contributed by atoms with van der Waals surface area (Å²) in [5.41, 5.74) is 8.69. The zero-order valence-corrected chi connectivity index (χ0v) is 17.5. The Morgan fingerprint density at radius 3 is 2.69 bits per heavy atom. The number of likely N-dealkylation sites (tertiary alicyclic amines) is 1. The van der Waals surface area contributed by atoms with Crippen molar-refractivity contribution in [2.24, 2.45) is 5.73 Å². The Labute approximate surface area is 177 Å². The molecule has 154 valence electrons. The first-order chi connectivity index (χ1) is 14.0. The fourth-order valence-corrected chi connectivity index (χ4v) is 4.09.